The molecule has 2 nitrogen and oxygen atoms in total. The van der Waals surface area contributed by atoms with Crippen LogP contribution in [0.3, 0.4) is 0 Å². The fraction of sp³-hybridized carbons (Fsp3) is 1.00. The van der Waals surface area contributed by atoms with E-state index in [1.54, 1.807) is 0 Å². The summed E-state index contributed by atoms with van der Waals surface area (Å²) in [5.41, 5.74) is 0.828. The van der Waals surface area contributed by atoms with Gasteiger partial charge in [0.05, 0.1) is 0 Å². The second kappa shape index (κ2) is 6.36. The molecule has 0 amide bonds. The standard InChI is InChI=1S/C18H36N2/c1-6-10-15(2)20-13-16(17(3,4)5)19-14-18(20)11-8-7-9-12-18/h15-16,19H,6-14H2,1-5H3. The zero-order chi connectivity index (χ0) is 14.8. The van der Waals surface area contributed by atoms with Crippen molar-refractivity contribution in [3.8, 4) is 0 Å². The molecule has 1 N–H and O–H groups in total. The number of rotatable bonds is 3. The molecule has 1 aliphatic carbocycles. The zero-order valence-corrected chi connectivity index (χ0v) is 14.5. The van der Waals surface area contributed by atoms with Gasteiger partial charge in [-0.3, -0.25) is 4.90 Å². The topological polar surface area (TPSA) is 15.3 Å². The highest BCUT2D eigenvalue weighted by Gasteiger charge is 2.45. The lowest BCUT2D eigenvalue weighted by molar-refractivity contribution is -0.0368. The van der Waals surface area contributed by atoms with Gasteiger partial charge in [-0.1, -0.05) is 53.4 Å². The molecule has 0 radical (unpaired) electrons. The third kappa shape index (κ3) is 3.39. The largest absolute Gasteiger partial charge is 0.310 e. The highest BCUT2D eigenvalue weighted by molar-refractivity contribution is 5.04. The maximum Gasteiger partial charge on any atom is 0.0337 e. The molecule has 118 valence electrons. The Balaban J connectivity index is 2.16. The summed E-state index contributed by atoms with van der Waals surface area (Å²) in [6, 6.07) is 1.37. The smallest absolute Gasteiger partial charge is 0.0337 e. The van der Waals surface area contributed by atoms with Crippen molar-refractivity contribution in [1.82, 2.24) is 10.2 Å². The minimum atomic E-state index is 0.362. The summed E-state index contributed by atoms with van der Waals surface area (Å²) >= 11 is 0. The molecule has 0 aromatic heterocycles. The van der Waals surface area contributed by atoms with Gasteiger partial charge in [-0.05, 0) is 31.6 Å². The van der Waals surface area contributed by atoms with E-state index in [-0.39, 0.29) is 0 Å². The quantitative estimate of drug-likeness (QED) is 0.833. The van der Waals surface area contributed by atoms with Crippen LogP contribution in [0.5, 0.6) is 0 Å². The molecule has 1 spiro atoms. The Kier molecular flexibility index (Phi) is 5.18. The van der Waals surface area contributed by atoms with Crippen LogP contribution < -0.4 is 5.32 Å². The van der Waals surface area contributed by atoms with Gasteiger partial charge >= 0.3 is 0 Å². The van der Waals surface area contributed by atoms with E-state index in [1.807, 2.05) is 0 Å². The van der Waals surface area contributed by atoms with Gasteiger partial charge in [-0.25, -0.2) is 0 Å². The summed E-state index contributed by atoms with van der Waals surface area (Å²) in [5, 5.41) is 3.90. The summed E-state index contributed by atoms with van der Waals surface area (Å²) in [5.74, 6) is 0. The van der Waals surface area contributed by atoms with Gasteiger partial charge in [-0.15, -0.1) is 0 Å². The van der Waals surface area contributed by atoms with Crippen molar-refractivity contribution in [2.45, 2.75) is 97.2 Å². The monoisotopic (exact) mass is 280 g/mol. The molecule has 0 bridgehead atoms. The second-order valence-corrected chi connectivity index (χ2v) is 8.37. The summed E-state index contributed by atoms with van der Waals surface area (Å²) in [6.07, 6.45) is 9.77. The lowest BCUT2D eigenvalue weighted by atomic mass is 9.74. The summed E-state index contributed by atoms with van der Waals surface area (Å²) in [4.78, 5) is 2.90. The number of hydrogen-bond donors (Lipinski definition) is 1. The van der Waals surface area contributed by atoms with Crippen LogP contribution >= 0.6 is 0 Å². The first-order valence-electron chi connectivity index (χ1n) is 8.89. The highest BCUT2D eigenvalue weighted by Crippen LogP contribution is 2.39. The van der Waals surface area contributed by atoms with E-state index in [0.717, 1.165) is 6.04 Å². The summed E-state index contributed by atoms with van der Waals surface area (Å²) in [7, 11) is 0. The van der Waals surface area contributed by atoms with Crippen molar-refractivity contribution in [2.75, 3.05) is 13.1 Å². The molecule has 2 rings (SSSR count). The van der Waals surface area contributed by atoms with E-state index in [1.165, 1.54) is 58.0 Å². The molecule has 1 saturated heterocycles. The number of nitrogens with one attached hydrogen (secondary N) is 1. The molecule has 2 fully saturated rings. The fourth-order valence-corrected chi connectivity index (χ4v) is 4.34. The van der Waals surface area contributed by atoms with Crippen molar-refractivity contribution in [1.29, 1.82) is 0 Å². The Bertz CT molecular complexity index is 299. The van der Waals surface area contributed by atoms with Gasteiger partial charge in [0.1, 0.15) is 0 Å². The molecule has 2 unspecified atom stereocenters. The van der Waals surface area contributed by atoms with Crippen molar-refractivity contribution in [3.63, 3.8) is 0 Å². The van der Waals surface area contributed by atoms with Gasteiger partial charge in [-0.2, -0.15) is 0 Å². The van der Waals surface area contributed by atoms with Crippen LogP contribution in [0.15, 0.2) is 0 Å². The first kappa shape index (κ1) is 16.3. The molecule has 2 atom stereocenters. The molecule has 1 aliphatic heterocycles. The van der Waals surface area contributed by atoms with Gasteiger partial charge in [0.15, 0.2) is 0 Å². The summed E-state index contributed by atoms with van der Waals surface area (Å²) < 4.78 is 0. The van der Waals surface area contributed by atoms with Crippen LogP contribution in [0.4, 0.5) is 0 Å². The average Bonchev–Trinajstić information content (AvgIpc) is 2.39. The van der Waals surface area contributed by atoms with Crippen molar-refractivity contribution < 1.29 is 0 Å². The first-order chi connectivity index (χ1) is 9.39. The molecular formula is C18H36N2. The highest BCUT2D eigenvalue weighted by atomic mass is 15.3. The van der Waals surface area contributed by atoms with E-state index < -0.39 is 0 Å². The van der Waals surface area contributed by atoms with Gasteiger partial charge in [0, 0.05) is 30.7 Å². The van der Waals surface area contributed by atoms with Crippen molar-refractivity contribution in [2.24, 2.45) is 5.41 Å². The van der Waals surface area contributed by atoms with Crippen LogP contribution in [0.25, 0.3) is 0 Å². The molecular weight excluding hydrogens is 244 g/mol. The Morgan fingerprint density at radius 3 is 2.40 bits per heavy atom. The van der Waals surface area contributed by atoms with Crippen LogP contribution in [-0.2, 0) is 0 Å². The molecule has 1 heterocycles. The molecule has 2 aliphatic rings. The predicted octanol–water partition coefficient (Wildman–Crippen LogP) is 4.20. The third-order valence-electron chi connectivity index (χ3n) is 5.73. The predicted molar refractivity (Wildman–Crippen MR) is 88.1 cm³/mol. The normalized spacial score (nSPS) is 29.6. The van der Waals surface area contributed by atoms with Crippen LogP contribution in [-0.4, -0.2) is 35.6 Å². The SMILES string of the molecule is CCCC(C)N1CC(C(C)(C)C)NCC12CCCCC2. The molecule has 0 aromatic carbocycles. The first-order valence-corrected chi connectivity index (χ1v) is 8.89. The number of hydrogen-bond acceptors (Lipinski definition) is 2. The summed E-state index contributed by atoms with van der Waals surface area (Å²) in [6.45, 7) is 14.4. The lowest BCUT2D eigenvalue weighted by Gasteiger charge is -2.56. The van der Waals surface area contributed by atoms with Gasteiger partial charge in [0.25, 0.3) is 0 Å². The van der Waals surface area contributed by atoms with Crippen LogP contribution in [0.1, 0.15) is 79.6 Å². The van der Waals surface area contributed by atoms with Crippen molar-refractivity contribution in [3.05, 3.63) is 0 Å². The van der Waals surface area contributed by atoms with Crippen LogP contribution in [0.2, 0.25) is 0 Å². The van der Waals surface area contributed by atoms with E-state index in [4.69, 9.17) is 0 Å². The third-order valence-corrected chi connectivity index (χ3v) is 5.73. The molecule has 2 heteroatoms. The molecule has 0 aromatic rings. The van der Waals surface area contributed by atoms with E-state index in [0.29, 0.717) is 17.0 Å². The Labute approximate surface area is 126 Å². The minimum absolute atomic E-state index is 0.362. The number of piperazine rings is 1. The number of nitrogens with zero attached hydrogens (tertiary/aromatic N) is 1. The lowest BCUT2D eigenvalue weighted by Crippen LogP contribution is -2.69. The van der Waals surface area contributed by atoms with Crippen molar-refractivity contribution >= 4 is 0 Å². The van der Waals surface area contributed by atoms with E-state index in [9.17, 15) is 0 Å². The Morgan fingerprint density at radius 1 is 1.20 bits per heavy atom. The van der Waals surface area contributed by atoms with Crippen LogP contribution in [0, 0.1) is 5.41 Å². The molecule has 1 saturated carbocycles. The van der Waals surface area contributed by atoms with E-state index >= 15 is 0 Å². The Hall–Kier alpha value is -0.0800. The average molecular weight is 280 g/mol. The minimum Gasteiger partial charge on any atom is -0.310 e. The maximum absolute atomic E-state index is 3.90. The molecule has 20 heavy (non-hydrogen) atoms. The maximum atomic E-state index is 3.90. The zero-order valence-electron chi connectivity index (χ0n) is 14.5. The Morgan fingerprint density at radius 2 is 1.85 bits per heavy atom. The van der Waals surface area contributed by atoms with Gasteiger partial charge in [0.2, 0.25) is 0 Å². The fourth-order valence-electron chi connectivity index (χ4n) is 4.34. The second-order valence-electron chi connectivity index (χ2n) is 8.37. The van der Waals surface area contributed by atoms with Gasteiger partial charge < -0.3 is 5.32 Å². The van der Waals surface area contributed by atoms with E-state index in [2.05, 4.69) is 44.8 Å².